The molecule has 0 spiro atoms. The highest BCUT2D eigenvalue weighted by molar-refractivity contribution is 6.65. The van der Waals surface area contributed by atoms with Crippen LogP contribution in [0.4, 0.5) is 0 Å². The molecule has 0 aromatic rings. The minimum absolute atomic E-state index is 0.628. The van der Waals surface area contributed by atoms with Crippen molar-refractivity contribution in [3.8, 4) is 0 Å². The standard InChI is InChI=1S/C38H73BN2/c1-19-18-36-37-38-29(11)26(8)23(5)22(4)25(7)28(10)33(15)41(38)35(17)31(13)39(37)30(12)34(16)40(36)32(14)27(9)24(6)21(3)20(19)2/h19-38H,18H2,1-17H3. The van der Waals surface area contributed by atoms with Crippen LogP contribution in [0.15, 0.2) is 0 Å². The molecular formula is C38H73BN2. The van der Waals surface area contributed by atoms with E-state index < -0.39 is 0 Å². The second-order valence-electron chi connectivity index (χ2n) is 17.6. The van der Waals surface area contributed by atoms with Gasteiger partial charge in [0.25, 0.3) is 0 Å². The second kappa shape index (κ2) is 12.4. The molecule has 0 amide bonds. The van der Waals surface area contributed by atoms with Crippen molar-refractivity contribution in [2.45, 2.75) is 178 Å². The fourth-order valence-electron chi connectivity index (χ4n) is 12.0. The molecule has 0 N–H and O–H groups in total. The molecule has 3 heteroatoms. The number of nitrogens with zero attached hydrogens (tertiary/aromatic N) is 2. The van der Waals surface area contributed by atoms with Gasteiger partial charge in [-0.05, 0) is 117 Å². The van der Waals surface area contributed by atoms with Gasteiger partial charge in [-0.25, -0.2) is 0 Å². The molecule has 0 aromatic carbocycles. The summed E-state index contributed by atoms with van der Waals surface area (Å²) in [5.41, 5.74) is 0. The summed E-state index contributed by atoms with van der Waals surface area (Å²) >= 11 is 0. The van der Waals surface area contributed by atoms with Gasteiger partial charge in [0.1, 0.15) is 0 Å². The van der Waals surface area contributed by atoms with Crippen LogP contribution in [0.2, 0.25) is 17.5 Å². The number of hydrogen-bond acceptors (Lipinski definition) is 2. The SMILES string of the molecule is CC1CC2C3B(C(C)C(C)N2C(C)C(C)C(C)C(C)C1C)C(C)C(C)N1C(C)C(C)C(C)C(C)C(C)C(C)C(C)C31. The molecule has 4 heterocycles. The highest BCUT2D eigenvalue weighted by Gasteiger charge is 2.61. The molecule has 4 aliphatic rings. The van der Waals surface area contributed by atoms with Crippen LogP contribution in [0.1, 0.15) is 124 Å². The number of rotatable bonds is 0. The quantitative estimate of drug-likeness (QED) is 0.268. The van der Waals surface area contributed by atoms with Crippen LogP contribution in [0.5, 0.6) is 0 Å². The first kappa shape index (κ1) is 33.9. The van der Waals surface area contributed by atoms with Crippen molar-refractivity contribution in [2.24, 2.45) is 65.1 Å². The monoisotopic (exact) mass is 569 g/mol. The first-order valence-corrected chi connectivity index (χ1v) is 18.5. The summed E-state index contributed by atoms with van der Waals surface area (Å²) in [6.07, 6.45) is 1.38. The Hall–Kier alpha value is -0.0151. The molecule has 41 heavy (non-hydrogen) atoms. The molecule has 238 valence electrons. The maximum Gasteiger partial charge on any atom is 0.156 e. The van der Waals surface area contributed by atoms with E-state index in [2.05, 4.69) is 128 Å². The maximum absolute atomic E-state index is 3.17. The van der Waals surface area contributed by atoms with E-state index >= 15 is 0 Å². The van der Waals surface area contributed by atoms with E-state index in [0.29, 0.717) is 42.2 Å². The zero-order valence-electron chi connectivity index (χ0n) is 30.7. The van der Waals surface area contributed by atoms with E-state index in [1.54, 1.807) is 0 Å². The van der Waals surface area contributed by atoms with Crippen LogP contribution in [-0.4, -0.2) is 52.8 Å². The van der Waals surface area contributed by atoms with Crippen LogP contribution in [0, 0.1) is 65.1 Å². The lowest BCUT2D eigenvalue weighted by Gasteiger charge is -2.66. The van der Waals surface area contributed by atoms with Gasteiger partial charge in [-0.3, -0.25) is 9.80 Å². The largest absolute Gasteiger partial charge is 0.296 e. The van der Waals surface area contributed by atoms with Gasteiger partial charge in [0.05, 0.1) is 0 Å². The van der Waals surface area contributed by atoms with Gasteiger partial charge in [-0.1, -0.05) is 90.0 Å². The molecule has 4 aliphatic heterocycles. The molecule has 0 aliphatic carbocycles. The maximum atomic E-state index is 3.17. The van der Waals surface area contributed by atoms with Crippen molar-refractivity contribution in [1.82, 2.24) is 9.80 Å². The van der Waals surface area contributed by atoms with Crippen molar-refractivity contribution in [3.63, 3.8) is 0 Å². The zero-order chi connectivity index (χ0) is 31.0. The third-order valence-electron chi connectivity index (χ3n) is 16.8. The second-order valence-corrected chi connectivity index (χ2v) is 17.6. The molecule has 0 bridgehead atoms. The van der Waals surface area contributed by atoms with Gasteiger partial charge < -0.3 is 0 Å². The van der Waals surface area contributed by atoms with Gasteiger partial charge >= 0.3 is 0 Å². The van der Waals surface area contributed by atoms with Gasteiger partial charge in [0.15, 0.2) is 6.71 Å². The van der Waals surface area contributed by atoms with Crippen LogP contribution < -0.4 is 0 Å². The summed E-state index contributed by atoms with van der Waals surface area (Å²) in [4.78, 5) is 6.32. The minimum Gasteiger partial charge on any atom is -0.296 e. The van der Waals surface area contributed by atoms with Crippen LogP contribution in [0.25, 0.3) is 0 Å². The topological polar surface area (TPSA) is 6.48 Å². The summed E-state index contributed by atoms with van der Waals surface area (Å²) in [5, 5.41) is 0. The van der Waals surface area contributed by atoms with E-state index in [1.165, 1.54) is 6.42 Å². The Labute approximate surface area is 259 Å². The Bertz CT molecular complexity index is 872. The third-order valence-corrected chi connectivity index (χ3v) is 16.8. The molecule has 4 saturated heterocycles. The van der Waals surface area contributed by atoms with Crippen molar-refractivity contribution in [3.05, 3.63) is 0 Å². The lowest BCUT2D eigenvalue weighted by molar-refractivity contribution is -0.0430. The zero-order valence-corrected chi connectivity index (χ0v) is 30.7. The van der Waals surface area contributed by atoms with E-state index in [1.807, 2.05) is 0 Å². The lowest BCUT2D eigenvalue weighted by atomic mass is 9.21. The smallest absolute Gasteiger partial charge is 0.156 e. The Balaban J connectivity index is 1.93. The molecule has 0 saturated carbocycles. The van der Waals surface area contributed by atoms with Gasteiger partial charge in [-0.2, -0.15) is 0 Å². The van der Waals surface area contributed by atoms with Crippen LogP contribution in [-0.2, 0) is 0 Å². The van der Waals surface area contributed by atoms with E-state index in [4.69, 9.17) is 0 Å². The molecule has 0 aromatic heterocycles. The molecule has 2 nitrogen and oxygen atoms in total. The van der Waals surface area contributed by atoms with Crippen molar-refractivity contribution >= 4 is 6.71 Å². The molecule has 20 atom stereocenters. The van der Waals surface area contributed by atoms with Gasteiger partial charge in [-0.15, -0.1) is 0 Å². The summed E-state index contributed by atoms with van der Waals surface area (Å²) in [5.74, 6) is 10.5. The fraction of sp³-hybridized carbons (Fsp3) is 1.00. The van der Waals surface area contributed by atoms with Gasteiger partial charge in [0, 0.05) is 36.3 Å². The Morgan fingerprint density at radius 2 is 0.756 bits per heavy atom. The summed E-state index contributed by atoms with van der Waals surface area (Å²) < 4.78 is 0. The average Bonchev–Trinajstić information content (AvgIpc) is 2.97. The number of hydrogen-bond donors (Lipinski definition) is 0. The molecule has 20 unspecified atom stereocenters. The third kappa shape index (κ3) is 5.34. The Kier molecular flexibility index (Phi) is 10.2. The predicted molar refractivity (Wildman–Crippen MR) is 183 cm³/mol. The van der Waals surface area contributed by atoms with Crippen molar-refractivity contribution in [2.75, 3.05) is 0 Å². The highest BCUT2D eigenvalue weighted by atomic mass is 15.3. The lowest BCUT2D eigenvalue weighted by Crippen LogP contribution is -2.72. The molecular weight excluding hydrogens is 495 g/mol. The van der Waals surface area contributed by atoms with E-state index in [-0.39, 0.29) is 0 Å². The van der Waals surface area contributed by atoms with Crippen LogP contribution in [0.3, 0.4) is 0 Å². The highest BCUT2D eigenvalue weighted by Crippen LogP contribution is 2.58. The Morgan fingerprint density at radius 1 is 0.390 bits per heavy atom. The number of fused-ring (bicyclic) bond motifs is 5. The first-order valence-electron chi connectivity index (χ1n) is 18.5. The Morgan fingerprint density at radius 3 is 1.24 bits per heavy atom. The first-order chi connectivity index (χ1) is 19.0. The fourth-order valence-corrected chi connectivity index (χ4v) is 12.0. The van der Waals surface area contributed by atoms with E-state index in [9.17, 15) is 0 Å². The summed E-state index contributed by atoms with van der Waals surface area (Å²) in [7, 11) is 0. The normalized spacial score (nSPS) is 58.0. The average molecular weight is 569 g/mol. The minimum atomic E-state index is 0.628. The van der Waals surface area contributed by atoms with Crippen LogP contribution >= 0.6 is 0 Å². The van der Waals surface area contributed by atoms with Gasteiger partial charge in [0.2, 0.25) is 0 Å². The molecule has 4 fully saturated rings. The summed E-state index contributed by atoms with van der Waals surface area (Å²) in [6, 6.07) is 3.92. The summed E-state index contributed by atoms with van der Waals surface area (Å²) in [6.45, 7) is 45.4. The van der Waals surface area contributed by atoms with E-state index in [0.717, 1.165) is 83.3 Å². The molecule has 0 radical (unpaired) electrons. The predicted octanol–water partition coefficient (Wildman–Crippen LogP) is 9.97. The van der Waals surface area contributed by atoms with Crippen molar-refractivity contribution < 1.29 is 0 Å². The molecule has 4 rings (SSSR count). The van der Waals surface area contributed by atoms with Crippen molar-refractivity contribution in [1.29, 1.82) is 0 Å².